The van der Waals surface area contributed by atoms with Crippen LogP contribution in [-0.4, -0.2) is 41.7 Å². The first-order chi connectivity index (χ1) is 11.1. The molecule has 0 amide bonds. The molecule has 0 spiro atoms. The number of nitrogens with one attached hydrogen (secondary N) is 1. The van der Waals surface area contributed by atoms with Gasteiger partial charge in [0.25, 0.3) is 0 Å². The van der Waals surface area contributed by atoms with Crippen molar-refractivity contribution in [2.24, 2.45) is 5.92 Å². The predicted molar refractivity (Wildman–Crippen MR) is 93.4 cm³/mol. The van der Waals surface area contributed by atoms with E-state index in [1.807, 2.05) is 0 Å². The Bertz CT molecular complexity index is 470. The van der Waals surface area contributed by atoms with Gasteiger partial charge in [-0.25, -0.2) is 0 Å². The highest BCUT2D eigenvalue weighted by atomic mass is 16.4. The normalized spacial score (nSPS) is 22.9. The van der Waals surface area contributed by atoms with Crippen LogP contribution in [-0.2, 0) is 11.3 Å². The van der Waals surface area contributed by atoms with Crippen molar-refractivity contribution in [3.05, 3.63) is 35.9 Å². The van der Waals surface area contributed by atoms with Gasteiger partial charge in [-0.2, -0.15) is 0 Å². The molecular formula is C19H30N2O2. The molecule has 0 aromatic heterocycles. The van der Waals surface area contributed by atoms with Crippen molar-refractivity contribution in [2.75, 3.05) is 13.6 Å². The van der Waals surface area contributed by atoms with Crippen LogP contribution in [0.15, 0.2) is 30.3 Å². The number of aliphatic carboxylic acids is 1. The van der Waals surface area contributed by atoms with E-state index < -0.39 is 5.97 Å². The van der Waals surface area contributed by atoms with Gasteiger partial charge in [0, 0.05) is 18.6 Å². The summed E-state index contributed by atoms with van der Waals surface area (Å²) in [6, 6.07) is 11.6. The van der Waals surface area contributed by atoms with Crippen LogP contribution in [0.5, 0.6) is 0 Å². The van der Waals surface area contributed by atoms with Gasteiger partial charge >= 0.3 is 5.97 Å². The lowest BCUT2D eigenvalue weighted by molar-refractivity contribution is -0.142. The Morgan fingerprint density at radius 3 is 2.52 bits per heavy atom. The number of nitrogens with zero attached hydrogens (tertiary/aromatic N) is 1. The minimum atomic E-state index is -0.625. The summed E-state index contributed by atoms with van der Waals surface area (Å²) >= 11 is 0. The van der Waals surface area contributed by atoms with Gasteiger partial charge < -0.3 is 10.4 Å². The van der Waals surface area contributed by atoms with Gasteiger partial charge in [0.05, 0.1) is 5.92 Å². The van der Waals surface area contributed by atoms with E-state index in [0.29, 0.717) is 12.1 Å². The molecule has 1 atom stereocenters. The summed E-state index contributed by atoms with van der Waals surface area (Å²) in [4.78, 5) is 13.4. The lowest BCUT2D eigenvalue weighted by Crippen LogP contribution is -2.38. The minimum absolute atomic E-state index is 0.121. The largest absolute Gasteiger partial charge is 0.481 e. The molecular weight excluding hydrogens is 288 g/mol. The zero-order valence-electron chi connectivity index (χ0n) is 14.4. The van der Waals surface area contributed by atoms with Gasteiger partial charge in [0.2, 0.25) is 0 Å². The van der Waals surface area contributed by atoms with Crippen LogP contribution in [0.1, 0.15) is 44.6 Å². The predicted octanol–water partition coefficient (Wildman–Crippen LogP) is 3.13. The number of hydrogen-bond donors (Lipinski definition) is 2. The third-order valence-corrected chi connectivity index (χ3v) is 5.10. The van der Waals surface area contributed by atoms with Crippen LogP contribution in [0.2, 0.25) is 0 Å². The number of hydrogen-bond acceptors (Lipinski definition) is 3. The van der Waals surface area contributed by atoms with Crippen molar-refractivity contribution in [1.29, 1.82) is 0 Å². The van der Waals surface area contributed by atoms with Gasteiger partial charge in [-0.1, -0.05) is 30.3 Å². The Morgan fingerprint density at radius 1 is 1.26 bits per heavy atom. The second kappa shape index (κ2) is 9.04. The fraction of sp³-hybridized carbons (Fsp3) is 0.632. The first kappa shape index (κ1) is 18.0. The Hall–Kier alpha value is -1.39. The molecule has 0 heterocycles. The van der Waals surface area contributed by atoms with E-state index in [2.05, 4.69) is 54.5 Å². The smallest absolute Gasteiger partial charge is 0.306 e. The summed E-state index contributed by atoms with van der Waals surface area (Å²) in [5.74, 6) is -0.747. The molecule has 2 rings (SSSR count). The number of benzene rings is 1. The van der Waals surface area contributed by atoms with Crippen molar-refractivity contribution in [3.63, 3.8) is 0 Å². The molecule has 4 heteroatoms. The number of carboxylic acid groups (broad SMARTS) is 1. The molecule has 1 aromatic rings. The maximum absolute atomic E-state index is 11.0. The number of rotatable bonds is 8. The molecule has 4 nitrogen and oxygen atoms in total. The van der Waals surface area contributed by atoms with E-state index in [4.69, 9.17) is 5.11 Å². The molecule has 1 unspecified atom stereocenters. The molecule has 0 bridgehead atoms. The van der Waals surface area contributed by atoms with E-state index in [0.717, 1.165) is 45.2 Å². The maximum Gasteiger partial charge on any atom is 0.306 e. The van der Waals surface area contributed by atoms with Gasteiger partial charge in [0.1, 0.15) is 0 Å². The molecule has 23 heavy (non-hydrogen) atoms. The Labute approximate surface area is 139 Å². The van der Waals surface area contributed by atoms with Crippen molar-refractivity contribution in [1.82, 2.24) is 10.2 Å². The Morgan fingerprint density at radius 2 is 1.91 bits per heavy atom. The van der Waals surface area contributed by atoms with Crippen LogP contribution in [0.4, 0.5) is 0 Å². The van der Waals surface area contributed by atoms with E-state index in [-0.39, 0.29) is 5.92 Å². The van der Waals surface area contributed by atoms with Gasteiger partial charge in [-0.3, -0.25) is 9.69 Å². The third kappa shape index (κ3) is 5.96. The molecule has 0 aliphatic heterocycles. The van der Waals surface area contributed by atoms with E-state index in [1.165, 1.54) is 5.56 Å². The SMILES string of the molecule is CC(CCNC1CCC(C(=O)O)CC1)N(C)Cc1ccccc1. The second-order valence-electron chi connectivity index (χ2n) is 6.88. The van der Waals surface area contributed by atoms with Crippen LogP contribution in [0.25, 0.3) is 0 Å². The molecule has 1 fully saturated rings. The topological polar surface area (TPSA) is 52.6 Å². The number of carboxylic acids is 1. The standard InChI is InChI=1S/C19H30N2O2/c1-15(21(2)14-16-6-4-3-5-7-16)12-13-20-18-10-8-17(9-11-18)19(22)23/h3-7,15,17-18,20H,8-14H2,1-2H3,(H,22,23). The second-order valence-corrected chi connectivity index (χ2v) is 6.88. The van der Waals surface area contributed by atoms with Crippen LogP contribution < -0.4 is 5.32 Å². The summed E-state index contributed by atoms with van der Waals surface area (Å²) in [6.07, 6.45) is 4.73. The number of carbonyl (C=O) groups is 1. The zero-order valence-corrected chi connectivity index (χ0v) is 14.4. The van der Waals surface area contributed by atoms with Gasteiger partial charge in [0.15, 0.2) is 0 Å². The maximum atomic E-state index is 11.0. The van der Waals surface area contributed by atoms with E-state index in [9.17, 15) is 4.79 Å². The highest BCUT2D eigenvalue weighted by Gasteiger charge is 2.25. The zero-order chi connectivity index (χ0) is 16.7. The molecule has 0 saturated heterocycles. The summed E-state index contributed by atoms with van der Waals surface area (Å²) in [7, 11) is 2.18. The highest BCUT2D eigenvalue weighted by molar-refractivity contribution is 5.70. The van der Waals surface area contributed by atoms with Gasteiger partial charge in [-0.05, 0) is 58.2 Å². The molecule has 1 aliphatic rings. The van der Waals surface area contributed by atoms with Crippen LogP contribution >= 0.6 is 0 Å². The van der Waals surface area contributed by atoms with Crippen LogP contribution in [0, 0.1) is 5.92 Å². The van der Waals surface area contributed by atoms with E-state index in [1.54, 1.807) is 0 Å². The first-order valence-electron chi connectivity index (χ1n) is 8.76. The molecule has 1 aliphatic carbocycles. The molecule has 2 N–H and O–H groups in total. The molecule has 0 radical (unpaired) electrons. The fourth-order valence-corrected chi connectivity index (χ4v) is 3.29. The monoisotopic (exact) mass is 318 g/mol. The lowest BCUT2D eigenvalue weighted by Gasteiger charge is -2.29. The molecule has 1 aromatic carbocycles. The third-order valence-electron chi connectivity index (χ3n) is 5.10. The van der Waals surface area contributed by atoms with Gasteiger partial charge in [-0.15, -0.1) is 0 Å². The quantitative estimate of drug-likeness (QED) is 0.773. The summed E-state index contributed by atoms with van der Waals surface area (Å²) in [5, 5.41) is 12.6. The summed E-state index contributed by atoms with van der Waals surface area (Å²) in [5.41, 5.74) is 1.35. The molecule has 1 saturated carbocycles. The fourth-order valence-electron chi connectivity index (χ4n) is 3.29. The summed E-state index contributed by atoms with van der Waals surface area (Å²) < 4.78 is 0. The average Bonchev–Trinajstić information content (AvgIpc) is 2.56. The Balaban J connectivity index is 1.63. The molecule has 128 valence electrons. The average molecular weight is 318 g/mol. The van der Waals surface area contributed by atoms with Crippen molar-refractivity contribution >= 4 is 5.97 Å². The van der Waals surface area contributed by atoms with Crippen molar-refractivity contribution < 1.29 is 9.90 Å². The lowest BCUT2D eigenvalue weighted by atomic mass is 9.86. The minimum Gasteiger partial charge on any atom is -0.481 e. The van der Waals surface area contributed by atoms with Crippen molar-refractivity contribution in [2.45, 2.75) is 57.7 Å². The van der Waals surface area contributed by atoms with Crippen molar-refractivity contribution in [3.8, 4) is 0 Å². The first-order valence-corrected chi connectivity index (χ1v) is 8.76. The van der Waals surface area contributed by atoms with E-state index >= 15 is 0 Å². The Kier molecular flexibility index (Phi) is 7.06. The summed E-state index contributed by atoms with van der Waals surface area (Å²) in [6.45, 7) is 4.25. The van der Waals surface area contributed by atoms with Crippen LogP contribution in [0.3, 0.4) is 0 Å². The highest BCUT2D eigenvalue weighted by Crippen LogP contribution is 2.24.